The number of hydrogen-bond acceptors (Lipinski definition) is 2. The van der Waals surface area contributed by atoms with Gasteiger partial charge < -0.3 is 4.74 Å². The van der Waals surface area contributed by atoms with Crippen molar-refractivity contribution in [3.05, 3.63) is 12.2 Å². The van der Waals surface area contributed by atoms with Crippen molar-refractivity contribution in [3.8, 4) is 0 Å². The van der Waals surface area contributed by atoms with Gasteiger partial charge in [0.1, 0.15) is 0 Å². The van der Waals surface area contributed by atoms with Crippen molar-refractivity contribution >= 4 is 5.97 Å². The molecule has 1 aliphatic rings. The van der Waals surface area contributed by atoms with Crippen LogP contribution in [0.1, 0.15) is 46.5 Å². The second kappa shape index (κ2) is 5.34. The largest absolute Gasteiger partial charge is 0.465 e. The fourth-order valence-electron chi connectivity index (χ4n) is 2.31. The SMILES string of the molecule is C/C=C/C1(C(=O)OCC)CCC(C)CC1. The van der Waals surface area contributed by atoms with E-state index in [1.54, 1.807) is 0 Å². The molecular formula is C13H22O2. The molecule has 0 radical (unpaired) electrons. The summed E-state index contributed by atoms with van der Waals surface area (Å²) in [6.07, 6.45) is 8.16. The maximum absolute atomic E-state index is 11.9. The van der Waals surface area contributed by atoms with E-state index in [1.165, 1.54) is 0 Å². The van der Waals surface area contributed by atoms with Crippen molar-refractivity contribution < 1.29 is 9.53 Å². The first-order valence-electron chi connectivity index (χ1n) is 5.95. The Morgan fingerprint density at radius 3 is 2.53 bits per heavy atom. The van der Waals surface area contributed by atoms with E-state index in [0.29, 0.717) is 6.61 Å². The van der Waals surface area contributed by atoms with Gasteiger partial charge in [-0.15, -0.1) is 0 Å². The molecule has 15 heavy (non-hydrogen) atoms. The summed E-state index contributed by atoms with van der Waals surface area (Å²) in [4.78, 5) is 11.9. The highest BCUT2D eigenvalue weighted by Gasteiger charge is 2.39. The summed E-state index contributed by atoms with van der Waals surface area (Å²) >= 11 is 0. The molecule has 0 heterocycles. The Labute approximate surface area is 92.7 Å². The molecule has 0 aromatic rings. The topological polar surface area (TPSA) is 26.3 Å². The third-order valence-electron chi connectivity index (χ3n) is 3.33. The third kappa shape index (κ3) is 2.83. The minimum Gasteiger partial charge on any atom is -0.465 e. The minimum atomic E-state index is -0.322. The molecule has 1 fully saturated rings. The van der Waals surface area contributed by atoms with Crippen molar-refractivity contribution in [2.24, 2.45) is 11.3 Å². The van der Waals surface area contributed by atoms with Crippen LogP contribution in [0.25, 0.3) is 0 Å². The van der Waals surface area contributed by atoms with Gasteiger partial charge in [0.25, 0.3) is 0 Å². The van der Waals surface area contributed by atoms with Crippen molar-refractivity contribution in [3.63, 3.8) is 0 Å². The number of carbonyl (C=O) groups excluding carboxylic acids is 1. The summed E-state index contributed by atoms with van der Waals surface area (Å²) in [7, 11) is 0. The highest BCUT2D eigenvalue weighted by molar-refractivity contribution is 5.79. The first-order chi connectivity index (χ1) is 7.14. The lowest BCUT2D eigenvalue weighted by molar-refractivity contribution is -0.154. The van der Waals surface area contributed by atoms with Gasteiger partial charge in [-0.25, -0.2) is 0 Å². The van der Waals surface area contributed by atoms with Crippen molar-refractivity contribution in [1.82, 2.24) is 0 Å². The lowest BCUT2D eigenvalue weighted by Crippen LogP contribution is -2.35. The molecule has 1 rings (SSSR count). The molecular weight excluding hydrogens is 188 g/mol. The van der Waals surface area contributed by atoms with E-state index in [-0.39, 0.29) is 11.4 Å². The molecule has 0 unspecified atom stereocenters. The predicted molar refractivity (Wildman–Crippen MR) is 61.5 cm³/mol. The minimum absolute atomic E-state index is 0.0324. The van der Waals surface area contributed by atoms with Gasteiger partial charge in [-0.3, -0.25) is 4.79 Å². The van der Waals surface area contributed by atoms with Crippen molar-refractivity contribution in [2.75, 3.05) is 6.61 Å². The number of allylic oxidation sites excluding steroid dienone is 1. The van der Waals surface area contributed by atoms with Crippen LogP contribution < -0.4 is 0 Å². The van der Waals surface area contributed by atoms with Crippen LogP contribution >= 0.6 is 0 Å². The standard InChI is InChI=1S/C13H22O2/c1-4-8-13(12(14)15-5-2)9-6-11(3)7-10-13/h4,8,11H,5-7,9-10H2,1-3H3/b8-4+. The van der Waals surface area contributed by atoms with Gasteiger partial charge >= 0.3 is 5.97 Å². The van der Waals surface area contributed by atoms with Crippen LogP contribution in [0.4, 0.5) is 0 Å². The molecule has 86 valence electrons. The van der Waals surface area contributed by atoms with Crippen LogP contribution in [-0.2, 0) is 9.53 Å². The van der Waals surface area contributed by atoms with Crippen LogP contribution in [0, 0.1) is 11.3 Å². The Hall–Kier alpha value is -0.790. The van der Waals surface area contributed by atoms with E-state index >= 15 is 0 Å². The number of carbonyl (C=O) groups is 1. The lowest BCUT2D eigenvalue weighted by atomic mass is 9.70. The third-order valence-corrected chi connectivity index (χ3v) is 3.33. The van der Waals surface area contributed by atoms with Crippen LogP contribution in [0.5, 0.6) is 0 Å². The molecule has 1 saturated carbocycles. The predicted octanol–water partition coefficient (Wildman–Crippen LogP) is 3.32. The van der Waals surface area contributed by atoms with Gasteiger partial charge in [-0.05, 0) is 45.4 Å². The Kier molecular flexibility index (Phi) is 4.37. The molecule has 0 atom stereocenters. The van der Waals surface area contributed by atoms with Gasteiger partial charge in [0, 0.05) is 0 Å². The molecule has 0 saturated heterocycles. The normalized spacial score (nSPS) is 31.8. The van der Waals surface area contributed by atoms with Crippen molar-refractivity contribution in [1.29, 1.82) is 0 Å². The van der Waals surface area contributed by atoms with Gasteiger partial charge in [0.05, 0.1) is 12.0 Å². The van der Waals surface area contributed by atoms with Crippen molar-refractivity contribution in [2.45, 2.75) is 46.5 Å². The van der Waals surface area contributed by atoms with E-state index in [1.807, 2.05) is 26.0 Å². The summed E-state index contributed by atoms with van der Waals surface area (Å²) in [5.74, 6) is 0.716. The van der Waals surface area contributed by atoms with E-state index in [4.69, 9.17) is 4.74 Å². The van der Waals surface area contributed by atoms with E-state index < -0.39 is 0 Å². The van der Waals surface area contributed by atoms with Crippen LogP contribution in [-0.4, -0.2) is 12.6 Å². The van der Waals surface area contributed by atoms with Crippen LogP contribution in [0.15, 0.2) is 12.2 Å². The van der Waals surface area contributed by atoms with Crippen LogP contribution in [0.3, 0.4) is 0 Å². The van der Waals surface area contributed by atoms with Gasteiger partial charge in [0.2, 0.25) is 0 Å². The second-order valence-corrected chi connectivity index (χ2v) is 4.56. The van der Waals surface area contributed by atoms with E-state index in [0.717, 1.165) is 31.6 Å². The zero-order chi connectivity index (χ0) is 11.3. The monoisotopic (exact) mass is 210 g/mol. The number of hydrogen-bond donors (Lipinski definition) is 0. The fourth-order valence-corrected chi connectivity index (χ4v) is 2.31. The second-order valence-electron chi connectivity index (χ2n) is 4.56. The lowest BCUT2D eigenvalue weighted by Gasteiger charge is -2.34. The summed E-state index contributed by atoms with van der Waals surface area (Å²) in [6, 6.07) is 0. The Bertz CT molecular complexity index is 235. The first-order valence-corrected chi connectivity index (χ1v) is 5.95. The number of ether oxygens (including phenoxy) is 1. The van der Waals surface area contributed by atoms with E-state index in [9.17, 15) is 4.79 Å². The van der Waals surface area contributed by atoms with Gasteiger partial charge in [0.15, 0.2) is 0 Å². The zero-order valence-corrected chi connectivity index (χ0v) is 10.1. The molecule has 0 aromatic heterocycles. The average Bonchev–Trinajstić information content (AvgIpc) is 2.22. The van der Waals surface area contributed by atoms with Gasteiger partial charge in [-0.1, -0.05) is 19.1 Å². The molecule has 2 nitrogen and oxygen atoms in total. The summed E-state index contributed by atoms with van der Waals surface area (Å²) in [6.45, 7) is 6.57. The smallest absolute Gasteiger partial charge is 0.315 e. The maximum Gasteiger partial charge on any atom is 0.315 e. The average molecular weight is 210 g/mol. The Morgan fingerprint density at radius 2 is 2.07 bits per heavy atom. The fraction of sp³-hybridized carbons (Fsp3) is 0.769. The summed E-state index contributed by atoms with van der Waals surface area (Å²) in [5.41, 5.74) is -0.322. The summed E-state index contributed by atoms with van der Waals surface area (Å²) < 4.78 is 5.18. The van der Waals surface area contributed by atoms with Crippen LogP contribution in [0.2, 0.25) is 0 Å². The highest BCUT2D eigenvalue weighted by atomic mass is 16.5. The molecule has 0 bridgehead atoms. The molecule has 0 spiro atoms. The molecule has 0 amide bonds. The van der Waals surface area contributed by atoms with E-state index in [2.05, 4.69) is 6.92 Å². The maximum atomic E-state index is 11.9. The Balaban J connectivity index is 2.75. The summed E-state index contributed by atoms with van der Waals surface area (Å²) in [5, 5.41) is 0. The molecule has 0 aliphatic heterocycles. The molecule has 0 aromatic carbocycles. The first kappa shape index (κ1) is 12.3. The number of rotatable bonds is 3. The highest BCUT2D eigenvalue weighted by Crippen LogP contribution is 2.41. The molecule has 2 heteroatoms. The Morgan fingerprint density at radius 1 is 1.47 bits per heavy atom. The molecule has 1 aliphatic carbocycles. The van der Waals surface area contributed by atoms with Gasteiger partial charge in [-0.2, -0.15) is 0 Å². The zero-order valence-electron chi connectivity index (χ0n) is 10.1. The quantitative estimate of drug-likeness (QED) is 0.527. The molecule has 0 N–H and O–H groups in total. The number of esters is 1.